The summed E-state index contributed by atoms with van der Waals surface area (Å²) in [6.45, 7) is 6.22. The van der Waals surface area contributed by atoms with Crippen LogP contribution in [0.3, 0.4) is 0 Å². The SMILES string of the molecule is COc1ccc(CN2CCN(Cc3ccco3)CC2)c2ccccc12. The molecule has 0 bridgehead atoms. The molecule has 1 fully saturated rings. The van der Waals surface area contributed by atoms with E-state index in [-0.39, 0.29) is 0 Å². The van der Waals surface area contributed by atoms with E-state index < -0.39 is 0 Å². The maximum atomic E-state index is 5.51. The van der Waals surface area contributed by atoms with Crippen molar-refractivity contribution in [1.29, 1.82) is 0 Å². The highest BCUT2D eigenvalue weighted by Crippen LogP contribution is 2.29. The number of ether oxygens (including phenoxy) is 1. The topological polar surface area (TPSA) is 28.9 Å². The number of fused-ring (bicyclic) bond motifs is 1. The minimum Gasteiger partial charge on any atom is -0.496 e. The zero-order valence-electron chi connectivity index (χ0n) is 14.6. The summed E-state index contributed by atoms with van der Waals surface area (Å²) in [4.78, 5) is 4.99. The third kappa shape index (κ3) is 3.55. The molecule has 1 aromatic heterocycles. The summed E-state index contributed by atoms with van der Waals surface area (Å²) in [5, 5.41) is 2.49. The van der Waals surface area contributed by atoms with E-state index in [1.54, 1.807) is 13.4 Å². The van der Waals surface area contributed by atoms with E-state index in [0.29, 0.717) is 0 Å². The summed E-state index contributed by atoms with van der Waals surface area (Å²) in [6.07, 6.45) is 1.75. The van der Waals surface area contributed by atoms with Crippen LogP contribution in [0, 0.1) is 0 Å². The lowest BCUT2D eigenvalue weighted by Gasteiger charge is -2.34. The highest BCUT2D eigenvalue weighted by Gasteiger charge is 2.18. The van der Waals surface area contributed by atoms with Crippen LogP contribution in [0.2, 0.25) is 0 Å². The van der Waals surface area contributed by atoms with Crippen LogP contribution < -0.4 is 4.74 Å². The van der Waals surface area contributed by atoms with Crippen molar-refractivity contribution in [3.8, 4) is 5.75 Å². The van der Waals surface area contributed by atoms with Gasteiger partial charge >= 0.3 is 0 Å². The average Bonchev–Trinajstić information content (AvgIpc) is 3.17. The molecule has 0 spiro atoms. The van der Waals surface area contributed by atoms with Gasteiger partial charge in [-0.3, -0.25) is 9.80 Å². The first-order valence-corrected chi connectivity index (χ1v) is 8.85. The van der Waals surface area contributed by atoms with Crippen molar-refractivity contribution >= 4 is 10.8 Å². The third-order valence-electron chi connectivity index (χ3n) is 5.01. The van der Waals surface area contributed by atoms with E-state index in [1.807, 2.05) is 6.07 Å². The first-order chi connectivity index (χ1) is 12.3. The summed E-state index contributed by atoms with van der Waals surface area (Å²) in [7, 11) is 1.74. The molecule has 1 saturated heterocycles. The van der Waals surface area contributed by atoms with Crippen LogP contribution in [0.1, 0.15) is 11.3 Å². The van der Waals surface area contributed by atoms with Gasteiger partial charge in [0, 0.05) is 38.1 Å². The maximum absolute atomic E-state index is 5.51. The highest BCUT2D eigenvalue weighted by atomic mass is 16.5. The predicted molar refractivity (Wildman–Crippen MR) is 99.8 cm³/mol. The molecule has 4 nitrogen and oxygen atoms in total. The average molecular weight is 336 g/mol. The number of piperazine rings is 1. The standard InChI is InChI=1S/C21H24N2O2/c1-24-21-9-8-17(19-6-2-3-7-20(19)21)15-22-10-12-23(13-11-22)16-18-5-4-14-25-18/h2-9,14H,10-13,15-16H2,1H3. The predicted octanol–water partition coefficient (Wildman–Crippen LogP) is 3.76. The van der Waals surface area contributed by atoms with Crippen LogP contribution in [0.25, 0.3) is 10.8 Å². The largest absolute Gasteiger partial charge is 0.496 e. The smallest absolute Gasteiger partial charge is 0.126 e. The summed E-state index contributed by atoms with van der Waals surface area (Å²) in [5.74, 6) is 2.00. The van der Waals surface area contributed by atoms with Gasteiger partial charge in [-0.2, -0.15) is 0 Å². The second kappa shape index (κ2) is 7.30. The molecule has 0 N–H and O–H groups in total. The van der Waals surface area contributed by atoms with E-state index in [0.717, 1.165) is 50.8 Å². The second-order valence-electron chi connectivity index (χ2n) is 6.60. The molecule has 0 radical (unpaired) electrons. The van der Waals surface area contributed by atoms with E-state index >= 15 is 0 Å². The fraction of sp³-hybridized carbons (Fsp3) is 0.333. The summed E-state index contributed by atoms with van der Waals surface area (Å²) in [6, 6.07) is 16.8. The van der Waals surface area contributed by atoms with Crippen LogP contribution in [-0.2, 0) is 13.1 Å². The normalized spacial score (nSPS) is 16.4. The van der Waals surface area contributed by atoms with Crippen molar-refractivity contribution in [3.63, 3.8) is 0 Å². The molecule has 130 valence electrons. The van der Waals surface area contributed by atoms with Crippen molar-refractivity contribution in [2.45, 2.75) is 13.1 Å². The fourth-order valence-electron chi connectivity index (χ4n) is 3.62. The quantitative estimate of drug-likeness (QED) is 0.709. The molecule has 3 aromatic rings. The van der Waals surface area contributed by atoms with Crippen molar-refractivity contribution in [3.05, 3.63) is 66.1 Å². The monoisotopic (exact) mass is 336 g/mol. The summed E-state index contributed by atoms with van der Waals surface area (Å²) in [5.41, 5.74) is 1.37. The number of hydrogen-bond acceptors (Lipinski definition) is 4. The minimum atomic E-state index is 0.909. The molecule has 2 aromatic carbocycles. The Morgan fingerprint density at radius 3 is 2.24 bits per heavy atom. The van der Waals surface area contributed by atoms with Gasteiger partial charge in [0.25, 0.3) is 0 Å². The number of hydrogen-bond donors (Lipinski definition) is 0. The minimum absolute atomic E-state index is 0.909. The van der Waals surface area contributed by atoms with Crippen LogP contribution >= 0.6 is 0 Å². The van der Waals surface area contributed by atoms with Crippen LogP contribution in [0.4, 0.5) is 0 Å². The zero-order valence-corrected chi connectivity index (χ0v) is 14.6. The first kappa shape index (κ1) is 16.2. The lowest BCUT2D eigenvalue weighted by molar-refractivity contribution is 0.116. The Morgan fingerprint density at radius 2 is 1.56 bits per heavy atom. The van der Waals surface area contributed by atoms with Crippen LogP contribution in [0.15, 0.2) is 59.2 Å². The molecule has 0 saturated carbocycles. The number of rotatable bonds is 5. The lowest BCUT2D eigenvalue weighted by atomic mass is 10.0. The molecule has 2 heterocycles. The van der Waals surface area contributed by atoms with Gasteiger partial charge in [0.2, 0.25) is 0 Å². The Labute approximate surface area is 148 Å². The van der Waals surface area contributed by atoms with Crippen molar-refractivity contribution < 1.29 is 9.15 Å². The molecule has 0 amide bonds. The molecule has 1 aliphatic heterocycles. The van der Waals surface area contributed by atoms with E-state index in [4.69, 9.17) is 9.15 Å². The van der Waals surface area contributed by atoms with Gasteiger partial charge in [-0.15, -0.1) is 0 Å². The molecule has 0 unspecified atom stereocenters. The fourth-order valence-corrected chi connectivity index (χ4v) is 3.62. The Kier molecular flexibility index (Phi) is 4.72. The van der Waals surface area contributed by atoms with Gasteiger partial charge in [0.15, 0.2) is 0 Å². The Morgan fingerprint density at radius 1 is 0.840 bits per heavy atom. The lowest BCUT2D eigenvalue weighted by Crippen LogP contribution is -2.45. The van der Waals surface area contributed by atoms with Gasteiger partial charge in [-0.05, 0) is 29.1 Å². The molecule has 0 atom stereocenters. The zero-order chi connectivity index (χ0) is 17.1. The molecule has 1 aliphatic rings. The summed E-state index contributed by atoms with van der Waals surface area (Å²) >= 11 is 0. The van der Waals surface area contributed by atoms with E-state index in [9.17, 15) is 0 Å². The third-order valence-corrected chi connectivity index (χ3v) is 5.01. The van der Waals surface area contributed by atoms with Crippen LogP contribution in [-0.4, -0.2) is 43.1 Å². The second-order valence-corrected chi connectivity index (χ2v) is 6.60. The van der Waals surface area contributed by atoms with Gasteiger partial charge in [-0.25, -0.2) is 0 Å². The van der Waals surface area contributed by atoms with E-state index in [2.05, 4.69) is 52.3 Å². The molecular weight excluding hydrogens is 312 g/mol. The first-order valence-electron chi connectivity index (χ1n) is 8.85. The Bertz CT molecular complexity index is 821. The number of nitrogens with zero attached hydrogens (tertiary/aromatic N) is 2. The van der Waals surface area contributed by atoms with Gasteiger partial charge in [0.1, 0.15) is 11.5 Å². The van der Waals surface area contributed by atoms with Crippen LogP contribution in [0.5, 0.6) is 5.75 Å². The molecule has 4 heteroatoms. The van der Waals surface area contributed by atoms with Gasteiger partial charge < -0.3 is 9.15 Å². The molecule has 25 heavy (non-hydrogen) atoms. The van der Waals surface area contributed by atoms with Crippen molar-refractivity contribution in [1.82, 2.24) is 9.80 Å². The maximum Gasteiger partial charge on any atom is 0.126 e. The van der Waals surface area contributed by atoms with Gasteiger partial charge in [-0.1, -0.05) is 30.3 Å². The molecule has 4 rings (SSSR count). The number of methoxy groups -OCH3 is 1. The molecular formula is C21H24N2O2. The van der Waals surface area contributed by atoms with Gasteiger partial charge in [0.05, 0.1) is 19.9 Å². The highest BCUT2D eigenvalue weighted by molar-refractivity contribution is 5.91. The number of furan rings is 1. The van der Waals surface area contributed by atoms with Crippen molar-refractivity contribution in [2.75, 3.05) is 33.3 Å². The van der Waals surface area contributed by atoms with E-state index in [1.165, 1.54) is 16.3 Å². The van der Waals surface area contributed by atoms with Crippen molar-refractivity contribution in [2.24, 2.45) is 0 Å². The Hall–Kier alpha value is -2.30. The summed E-state index contributed by atoms with van der Waals surface area (Å²) < 4.78 is 11.0. The number of benzene rings is 2. The molecule has 0 aliphatic carbocycles. The Balaban J connectivity index is 1.43.